The van der Waals surface area contributed by atoms with E-state index in [1.165, 1.54) is 0 Å². The van der Waals surface area contributed by atoms with Gasteiger partial charge in [-0.3, -0.25) is 9.89 Å². The van der Waals surface area contributed by atoms with Gasteiger partial charge in [-0.05, 0) is 63.5 Å². The Labute approximate surface area is 168 Å². The molecule has 1 amide bonds. The minimum atomic E-state index is -0.271. The number of halogens is 1. The van der Waals surface area contributed by atoms with Gasteiger partial charge in [0.25, 0.3) is 5.91 Å². The summed E-state index contributed by atoms with van der Waals surface area (Å²) in [7, 11) is 0. The summed E-state index contributed by atoms with van der Waals surface area (Å²) in [5, 5.41) is 12.1. The zero-order valence-electron chi connectivity index (χ0n) is 14.5. The number of amides is 1. The van der Waals surface area contributed by atoms with Gasteiger partial charge in [-0.25, -0.2) is 4.98 Å². The zero-order chi connectivity index (χ0) is 19.1. The smallest absolute Gasteiger partial charge is 0.274 e. The van der Waals surface area contributed by atoms with Crippen LogP contribution in [-0.4, -0.2) is 26.1 Å². The van der Waals surface area contributed by atoms with Crippen molar-refractivity contribution < 1.29 is 4.79 Å². The molecule has 0 unspecified atom stereocenters. The lowest BCUT2D eigenvalue weighted by Gasteiger charge is -2.10. The summed E-state index contributed by atoms with van der Waals surface area (Å²) < 4.78 is 0.822. The molecule has 136 valence electrons. The van der Waals surface area contributed by atoms with Gasteiger partial charge in [-0.1, -0.05) is 12.1 Å². The molecule has 0 aliphatic carbocycles. The molecule has 0 aliphatic rings. The summed E-state index contributed by atoms with van der Waals surface area (Å²) in [6.45, 7) is 0. The minimum absolute atomic E-state index is 0.271. The van der Waals surface area contributed by atoms with Crippen LogP contribution in [0.1, 0.15) is 10.5 Å². The number of aromatic nitrogens is 4. The topological polar surface area (TPSA) is 86.5 Å². The molecular formula is C21H14BrN5O. The van der Waals surface area contributed by atoms with E-state index >= 15 is 0 Å². The van der Waals surface area contributed by atoms with E-state index < -0.39 is 0 Å². The molecule has 0 aliphatic heterocycles. The highest BCUT2D eigenvalue weighted by atomic mass is 79.9. The monoisotopic (exact) mass is 431 g/mol. The highest BCUT2D eigenvalue weighted by Gasteiger charge is 2.14. The quantitative estimate of drug-likeness (QED) is 0.370. The van der Waals surface area contributed by atoms with Crippen molar-refractivity contribution in [3.63, 3.8) is 0 Å². The summed E-state index contributed by atoms with van der Waals surface area (Å²) in [5.41, 5.74) is 5.01. The van der Waals surface area contributed by atoms with Crippen molar-refractivity contribution >= 4 is 49.3 Å². The van der Waals surface area contributed by atoms with Crippen molar-refractivity contribution in [3.05, 3.63) is 77.3 Å². The van der Waals surface area contributed by atoms with Gasteiger partial charge in [-0.2, -0.15) is 5.10 Å². The van der Waals surface area contributed by atoms with Crippen LogP contribution in [0, 0.1) is 0 Å². The first kappa shape index (κ1) is 16.7. The molecule has 3 N–H and O–H groups in total. The molecule has 0 spiro atoms. The molecule has 0 saturated heterocycles. The maximum atomic E-state index is 12.7. The van der Waals surface area contributed by atoms with Crippen molar-refractivity contribution in [1.82, 2.24) is 20.2 Å². The van der Waals surface area contributed by atoms with E-state index in [2.05, 4.69) is 47.5 Å². The predicted octanol–water partition coefficient (Wildman–Crippen LogP) is 5.12. The zero-order valence-corrected chi connectivity index (χ0v) is 16.1. The normalized spacial score (nSPS) is 11.2. The Bertz CT molecular complexity index is 1320. The molecule has 3 heterocycles. The van der Waals surface area contributed by atoms with E-state index in [1.54, 1.807) is 24.5 Å². The van der Waals surface area contributed by atoms with Gasteiger partial charge < -0.3 is 10.3 Å². The third-order valence-electron chi connectivity index (χ3n) is 4.67. The average Bonchev–Trinajstić information content (AvgIpc) is 3.37. The number of aromatic amines is 2. The van der Waals surface area contributed by atoms with E-state index in [-0.39, 0.29) is 5.91 Å². The Morgan fingerprint density at radius 1 is 1.00 bits per heavy atom. The maximum Gasteiger partial charge on any atom is 0.274 e. The first-order valence-corrected chi connectivity index (χ1v) is 9.45. The van der Waals surface area contributed by atoms with E-state index in [4.69, 9.17) is 0 Å². The first-order valence-electron chi connectivity index (χ1n) is 8.65. The summed E-state index contributed by atoms with van der Waals surface area (Å²) in [4.78, 5) is 20.1. The van der Waals surface area contributed by atoms with E-state index in [0.29, 0.717) is 11.4 Å². The number of nitrogens with zero attached hydrogens (tertiary/aromatic N) is 2. The predicted molar refractivity (Wildman–Crippen MR) is 113 cm³/mol. The minimum Gasteiger partial charge on any atom is -0.361 e. The standard InChI is InChI=1S/C21H14BrN5O/c22-13-4-5-18(24-10-13)21(28)26-19-8-12(9-20-16(19)11-25-27-20)14-2-1-3-17-15(14)6-7-23-17/h1-11,23H,(H,25,27)(H,26,28). The fourth-order valence-corrected chi connectivity index (χ4v) is 3.58. The van der Waals surface area contributed by atoms with Crippen LogP contribution in [0.25, 0.3) is 32.9 Å². The summed E-state index contributed by atoms with van der Waals surface area (Å²) in [5.74, 6) is -0.271. The number of H-pyrrole nitrogens is 2. The van der Waals surface area contributed by atoms with Crippen LogP contribution in [0.5, 0.6) is 0 Å². The lowest BCUT2D eigenvalue weighted by Crippen LogP contribution is -2.13. The lowest BCUT2D eigenvalue weighted by atomic mass is 9.99. The van der Waals surface area contributed by atoms with Gasteiger partial charge in [-0.15, -0.1) is 0 Å². The molecule has 0 bridgehead atoms. The van der Waals surface area contributed by atoms with Gasteiger partial charge in [0.05, 0.1) is 17.4 Å². The van der Waals surface area contributed by atoms with Crippen LogP contribution in [0.3, 0.4) is 0 Å². The summed E-state index contributed by atoms with van der Waals surface area (Å²) in [6, 6.07) is 15.6. The molecule has 3 aromatic heterocycles. The van der Waals surface area contributed by atoms with Crippen LogP contribution in [0.15, 0.2) is 71.6 Å². The molecule has 7 heteroatoms. The molecule has 0 atom stereocenters. The molecule has 28 heavy (non-hydrogen) atoms. The number of nitrogens with one attached hydrogen (secondary N) is 3. The van der Waals surface area contributed by atoms with E-state index in [0.717, 1.165) is 37.4 Å². The van der Waals surface area contributed by atoms with Gasteiger partial charge >= 0.3 is 0 Å². The van der Waals surface area contributed by atoms with Crippen molar-refractivity contribution in [2.45, 2.75) is 0 Å². The molecule has 5 rings (SSSR count). The van der Waals surface area contributed by atoms with Crippen molar-refractivity contribution in [3.8, 4) is 11.1 Å². The van der Waals surface area contributed by atoms with Gasteiger partial charge in [0.15, 0.2) is 0 Å². The Hall–Kier alpha value is -3.45. The Balaban J connectivity index is 1.61. The van der Waals surface area contributed by atoms with Gasteiger partial charge in [0.2, 0.25) is 0 Å². The fraction of sp³-hybridized carbons (Fsp3) is 0. The number of fused-ring (bicyclic) bond motifs is 2. The molecule has 6 nitrogen and oxygen atoms in total. The van der Waals surface area contributed by atoms with Gasteiger partial charge in [0.1, 0.15) is 5.69 Å². The van der Waals surface area contributed by atoms with E-state index in [9.17, 15) is 4.79 Å². The second-order valence-electron chi connectivity index (χ2n) is 6.42. The highest BCUT2D eigenvalue weighted by molar-refractivity contribution is 9.10. The number of benzene rings is 2. The Morgan fingerprint density at radius 2 is 1.93 bits per heavy atom. The number of hydrogen-bond donors (Lipinski definition) is 3. The number of pyridine rings is 1. The van der Waals surface area contributed by atoms with Crippen LogP contribution < -0.4 is 5.32 Å². The SMILES string of the molecule is O=C(Nc1cc(-c2cccc3[nH]ccc23)cc2[nH]ncc12)c1ccc(Br)cn1. The maximum absolute atomic E-state index is 12.7. The second-order valence-corrected chi connectivity index (χ2v) is 7.33. The van der Waals surface area contributed by atoms with Crippen LogP contribution in [0.4, 0.5) is 5.69 Å². The second kappa shape index (κ2) is 6.61. The number of carbonyl (C=O) groups is 1. The molecular weight excluding hydrogens is 418 g/mol. The number of rotatable bonds is 3. The lowest BCUT2D eigenvalue weighted by molar-refractivity contribution is 0.102. The number of anilines is 1. The van der Waals surface area contributed by atoms with Crippen LogP contribution in [0.2, 0.25) is 0 Å². The third kappa shape index (κ3) is 2.86. The molecule has 5 aromatic rings. The number of carbonyl (C=O) groups excluding carboxylic acids is 1. The first-order chi connectivity index (χ1) is 13.7. The Morgan fingerprint density at radius 3 is 2.79 bits per heavy atom. The van der Waals surface area contributed by atoms with Crippen molar-refractivity contribution in [2.24, 2.45) is 0 Å². The summed E-state index contributed by atoms with van der Waals surface area (Å²) >= 11 is 3.33. The van der Waals surface area contributed by atoms with Crippen LogP contribution in [-0.2, 0) is 0 Å². The molecule has 0 radical (unpaired) electrons. The third-order valence-corrected chi connectivity index (χ3v) is 5.14. The van der Waals surface area contributed by atoms with E-state index in [1.807, 2.05) is 36.5 Å². The van der Waals surface area contributed by atoms with Gasteiger partial charge in [0, 0.05) is 33.2 Å². The summed E-state index contributed by atoms with van der Waals surface area (Å²) in [6.07, 6.45) is 5.23. The number of hydrogen-bond acceptors (Lipinski definition) is 3. The largest absolute Gasteiger partial charge is 0.361 e. The Kier molecular flexibility index (Phi) is 3.95. The molecule has 0 fully saturated rings. The highest BCUT2D eigenvalue weighted by Crippen LogP contribution is 2.34. The average molecular weight is 432 g/mol. The molecule has 0 saturated carbocycles. The molecule has 2 aromatic carbocycles. The van der Waals surface area contributed by atoms with Crippen LogP contribution >= 0.6 is 15.9 Å². The fourth-order valence-electron chi connectivity index (χ4n) is 3.34. The van der Waals surface area contributed by atoms with Crippen molar-refractivity contribution in [2.75, 3.05) is 5.32 Å². The van der Waals surface area contributed by atoms with Crippen molar-refractivity contribution in [1.29, 1.82) is 0 Å².